The van der Waals surface area contributed by atoms with Crippen molar-refractivity contribution in [3.8, 4) is 0 Å². The molecule has 1 saturated heterocycles. The average molecular weight is 423 g/mol. The highest BCUT2D eigenvalue weighted by Crippen LogP contribution is 2.22. The standard InChI is InChI=1S/C22H34N4O2.ClH/c23-13-7-15-25(16-18-8-2-1-3-9-18)21(27)19-10-6-14-26(17-19)22(28)24-20-11-4-5-12-20;/h1-3,8-9,19-20H,4-7,10-17,23H2,(H,24,28);1H. The SMILES string of the molecule is Cl.NCCCN(Cc1ccccc1)C(=O)C1CCCN(C(=O)NC2CCCC2)C1. The molecule has 29 heavy (non-hydrogen) atoms. The van der Waals surface area contributed by atoms with E-state index in [4.69, 9.17) is 5.73 Å². The fourth-order valence-corrected chi connectivity index (χ4v) is 4.31. The zero-order valence-corrected chi connectivity index (χ0v) is 18.0. The van der Waals surface area contributed by atoms with Crippen LogP contribution in [0.1, 0.15) is 50.5 Å². The molecule has 2 fully saturated rings. The van der Waals surface area contributed by atoms with E-state index >= 15 is 0 Å². The lowest BCUT2D eigenvalue weighted by molar-refractivity contribution is -0.137. The molecule has 0 aromatic heterocycles. The third kappa shape index (κ3) is 6.89. The molecule has 1 unspecified atom stereocenters. The van der Waals surface area contributed by atoms with Gasteiger partial charge in [-0.15, -0.1) is 12.4 Å². The maximum Gasteiger partial charge on any atom is 0.317 e. The van der Waals surface area contributed by atoms with E-state index in [1.54, 1.807) is 0 Å². The van der Waals surface area contributed by atoms with Crippen LogP contribution in [-0.2, 0) is 11.3 Å². The first-order valence-electron chi connectivity index (χ1n) is 10.8. The highest BCUT2D eigenvalue weighted by atomic mass is 35.5. The Morgan fingerprint density at radius 1 is 1.10 bits per heavy atom. The zero-order valence-electron chi connectivity index (χ0n) is 17.2. The van der Waals surface area contributed by atoms with Crippen LogP contribution in [0.3, 0.4) is 0 Å². The number of nitrogens with zero attached hydrogens (tertiary/aromatic N) is 2. The van der Waals surface area contributed by atoms with Gasteiger partial charge < -0.3 is 20.9 Å². The second-order valence-corrected chi connectivity index (χ2v) is 8.10. The molecular formula is C22H35ClN4O2. The van der Waals surface area contributed by atoms with Crippen molar-refractivity contribution in [2.75, 3.05) is 26.2 Å². The van der Waals surface area contributed by atoms with E-state index in [9.17, 15) is 9.59 Å². The minimum absolute atomic E-state index is 0. The summed E-state index contributed by atoms with van der Waals surface area (Å²) in [4.78, 5) is 29.6. The third-order valence-electron chi connectivity index (χ3n) is 5.90. The molecule has 1 saturated carbocycles. The van der Waals surface area contributed by atoms with Gasteiger partial charge in [-0.1, -0.05) is 43.2 Å². The Morgan fingerprint density at radius 2 is 1.83 bits per heavy atom. The summed E-state index contributed by atoms with van der Waals surface area (Å²) in [7, 11) is 0. The van der Waals surface area contributed by atoms with Crippen molar-refractivity contribution in [2.24, 2.45) is 11.7 Å². The largest absolute Gasteiger partial charge is 0.338 e. The molecule has 3 amide bonds. The van der Waals surface area contributed by atoms with Gasteiger partial charge in [0.2, 0.25) is 5.91 Å². The number of urea groups is 1. The van der Waals surface area contributed by atoms with Gasteiger partial charge in [-0.05, 0) is 44.2 Å². The number of halogens is 1. The highest BCUT2D eigenvalue weighted by Gasteiger charge is 2.32. The number of amides is 3. The maximum atomic E-state index is 13.2. The molecule has 1 aromatic carbocycles. The van der Waals surface area contributed by atoms with Gasteiger partial charge in [0.15, 0.2) is 0 Å². The molecule has 1 aliphatic carbocycles. The molecule has 1 atom stereocenters. The van der Waals surface area contributed by atoms with Gasteiger partial charge in [-0.2, -0.15) is 0 Å². The Morgan fingerprint density at radius 3 is 2.52 bits per heavy atom. The number of benzene rings is 1. The second kappa shape index (κ2) is 12.0. The number of piperidine rings is 1. The third-order valence-corrected chi connectivity index (χ3v) is 5.90. The van der Waals surface area contributed by atoms with Crippen LogP contribution >= 0.6 is 12.4 Å². The molecule has 1 aliphatic heterocycles. The fraction of sp³-hybridized carbons (Fsp3) is 0.636. The van der Waals surface area contributed by atoms with E-state index < -0.39 is 0 Å². The summed E-state index contributed by atoms with van der Waals surface area (Å²) < 4.78 is 0. The Bertz CT molecular complexity index is 637. The molecule has 0 radical (unpaired) electrons. The van der Waals surface area contributed by atoms with Crippen molar-refractivity contribution in [1.82, 2.24) is 15.1 Å². The van der Waals surface area contributed by atoms with Gasteiger partial charge in [0.25, 0.3) is 0 Å². The molecule has 3 rings (SSSR count). The fourth-order valence-electron chi connectivity index (χ4n) is 4.31. The van der Waals surface area contributed by atoms with E-state index in [1.807, 2.05) is 40.1 Å². The minimum atomic E-state index is -0.121. The van der Waals surface area contributed by atoms with Crippen LogP contribution in [0.25, 0.3) is 0 Å². The van der Waals surface area contributed by atoms with Crippen LogP contribution in [0, 0.1) is 5.92 Å². The predicted octanol–water partition coefficient (Wildman–Crippen LogP) is 3.15. The molecule has 1 heterocycles. The average Bonchev–Trinajstić information content (AvgIpc) is 3.24. The number of likely N-dealkylation sites (tertiary alicyclic amines) is 1. The number of nitrogens with two attached hydrogens (primary N) is 1. The molecule has 6 nitrogen and oxygen atoms in total. The monoisotopic (exact) mass is 422 g/mol. The van der Waals surface area contributed by atoms with E-state index in [-0.39, 0.29) is 30.3 Å². The predicted molar refractivity (Wildman–Crippen MR) is 118 cm³/mol. The molecule has 0 spiro atoms. The molecule has 0 bridgehead atoms. The summed E-state index contributed by atoms with van der Waals surface area (Å²) in [5.41, 5.74) is 6.81. The van der Waals surface area contributed by atoms with Crippen LogP contribution in [0.4, 0.5) is 4.79 Å². The molecule has 3 N–H and O–H groups in total. The number of carbonyl (C=O) groups is 2. The highest BCUT2D eigenvalue weighted by molar-refractivity contribution is 5.85. The van der Waals surface area contributed by atoms with Crippen LogP contribution in [0.15, 0.2) is 30.3 Å². The van der Waals surface area contributed by atoms with Crippen molar-refractivity contribution < 1.29 is 9.59 Å². The summed E-state index contributed by atoms with van der Waals surface area (Å²) in [6.45, 7) is 3.09. The van der Waals surface area contributed by atoms with E-state index in [2.05, 4.69) is 5.32 Å². The second-order valence-electron chi connectivity index (χ2n) is 8.10. The van der Waals surface area contributed by atoms with Gasteiger partial charge in [0, 0.05) is 32.2 Å². The van der Waals surface area contributed by atoms with E-state index in [1.165, 1.54) is 12.8 Å². The van der Waals surface area contributed by atoms with Crippen LogP contribution in [0.5, 0.6) is 0 Å². The van der Waals surface area contributed by atoms with Crippen LogP contribution in [0.2, 0.25) is 0 Å². The first-order chi connectivity index (χ1) is 13.7. The summed E-state index contributed by atoms with van der Waals surface area (Å²) >= 11 is 0. The lowest BCUT2D eigenvalue weighted by Crippen LogP contribution is -2.51. The van der Waals surface area contributed by atoms with E-state index in [0.29, 0.717) is 32.2 Å². The van der Waals surface area contributed by atoms with Crippen molar-refractivity contribution in [1.29, 1.82) is 0 Å². The number of hydrogen-bond acceptors (Lipinski definition) is 3. The minimum Gasteiger partial charge on any atom is -0.338 e. The first kappa shape index (κ1) is 23.5. The molecule has 162 valence electrons. The molecule has 1 aromatic rings. The van der Waals surface area contributed by atoms with Gasteiger partial charge in [-0.3, -0.25) is 4.79 Å². The van der Waals surface area contributed by atoms with Crippen molar-refractivity contribution in [2.45, 2.75) is 57.5 Å². The Labute approximate surface area is 180 Å². The van der Waals surface area contributed by atoms with Crippen molar-refractivity contribution >= 4 is 24.3 Å². The molecule has 2 aliphatic rings. The molecular weight excluding hydrogens is 388 g/mol. The lowest BCUT2D eigenvalue weighted by Gasteiger charge is -2.35. The first-order valence-corrected chi connectivity index (χ1v) is 10.8. The van der Waals surface area contributed by atoms with Gasteiger partial charge in [0.1, 0.15) is 0 Å². The van der Waals surface area contributed by atoms with Gasteiger partial charge >= 0.3 is 6.03 Å². The maximum absolute atomic E-state index is 13.2. The van der Waals surface area contributed by atoms with Crippen molar-refractivity contribution in [3.63, 3.8) is 0 Å². The van der Waals surface area contributed by atoms with Gasteiger partial charge in [0.05, 0.1) is 5.92 Å². The quantitative estimate of drug-likeness (QED) is 0.708. The summed E-state index contributed by atoms with van der Waals surface area (Å²) in [5, 5.41) is 3.16. The van der Waals surface area contributed by atoms with Crippen molar-refractivity contribution in [3.05, 3.63) is 35.9 Å². The summed E-state index contributed by atoms with van der Waals surface area (Å²) in [6.07, 6.45) is 7.06. The summed E-state index contributed by atoms with van der Waals surface area (Å²) in [6, 6.07) is 10.4. The van der Waals surface area contributed by atoms with E-state index in [0.717, 1.165) is 44.2 Å². The number of carbonyl (C=O) groups excluding carboxylic acids is 2. The van der Waals surface area contributed by atoms with Gasteiger partial charge in [-0.25, -0.2) is 4.79 Å². The number of nitrogens with one attached hydrogen (secondary N) is 1. The summed E-state index contributed by atoms with van der Waals surface area (Å²) in [5.74, 6) is 0.0280. The van der Waals surface area contributed by atoms with Crippen LogP contribution in [-0.4, -0.2) is 54.0 Å². The van der Waals surface area contributed by atoms with Crippen LogP contribution < -0.4 is 11.1 Å². The zero-order chi connectivity index (χ0) is 19.8. The Balaban J connectivity index is 0.00000300. The lowest BCUT2D eigenvalue weighted by atomic mass is 9.96. The number of hydrogen-bond donors (Lipinski definition) is 2. The smallest absolute Gasteiger partial charge is 0.317 e. The topological polar surface area (TPSA) is 78.7 Å². The normalized spacial score (nSPS) is 19.5. The molecule has 7 heteroatoms. The number of rotatable bonds is 7. The Kier molecular flexibility index (Phi) is 9.74. The Hall–Kier alpha value is -1.79.